The van der Waals surface area contributed by atoms with E-state index in [2.05, 4.69) is 32.8 Å². The van der Waals surface area contributed by atoms with Crippen LogP contribution in [-0.4, -0.2) is 51.8 Å². The average Bonchev–Trinajstić information content (AvgIpc) is 3.32. The van der Waals surface area contributed by atoms with Gasteiger partial charge in [0.2, 0.25) is 5.96 Å². The zero-order valence-electron chi connectivity index (χ0n) is 37.0. The lowest BCUT2D eigenvalue weighted by Gasteiger charge is -2.23. The summed E-state index contributed by atoms with van der Waals surface area (Å²) in [6.07, 6.45) is 0. The van der Waals surface area contributed by atoms with Crippen LogP contribution in [0.1, 0.15) is 64.0 Å². The molecule has 0 aliphatic rings. The third kappa shape index (κ3) is 13.4. The highest BCUT2D eigenvalue weighted by atomic mass is 16.5. The zero-order chi connectivity index (χ0) is 45.3. The van der Waals surface area contributed by atoms with Crippen molar-refractivity contribution < 1.29 is 23.7 Å². The summed E-state index contributed by atoms with van der Waals surface area (Å²) >= 11 is 0. The number of rotatable bonds is 19. The van der Waals surface area contributed by atoms with Crippen LogP contribution in [0.3, 0.4) is 0 Å². The summed E-state index contributed by atoms with van der Waals surface area (Å²) in [5, 5.41) is 13.0. The summed E-state index contributed by atoms with van der Waals surface area (Å²) in [6, 6.07) is 47.7. The Bertz CT molecular complexity index is 2430. The van der Waals surface area contributed by atoms with Gasteiger partial charge in [-0.2, -0.15) is 0 Å². The Morgan fingerprint density at radius 2 is 1.23 bits per heavy atom. The van der Waals surface area contributed by atoms with E-state index in [-0.39, 0.29) is 36.5 Å². The number of benzene rings is 6. The highest BCUT2D eigenvalue weighted by Crippen LogP contribution is 2.36. The van der Waals surface area contributed by atoms with Crippen molar-refractivity contribution in [1.82, 2.24) is 21.3 Å². The van der Waals surface area contributed by atoms with Crippen molar-refractivity contribution >= 4 is 17.8 Å². The SMILES string of the molecule is C=C(NC(=NC(c1ccc(OCC(=O)NC(c2ccc(C)cc2)c2ccc(C)cc2)cc1)c1ccc(OC)cc1OC)NC(N)=NCCOc1ccccc1)N[C@@H](C)c1ccccc1. The van der Waals surface area contributed by atoms with Crippen molar-refractivity contribution in [3.8, 4) is 23.0 Å². The lowest BCUT2D eigenvalue weighted by molar-refractivity contribution is -0.123. The largest absolute Gasteiger partial charge is 0.497 e. The molecule has 0 aliphatic carbocycles. The Hall–Kier alpha value is -7.73. The maximum Gasteiger partial charge on any atom is 0.258 e. The van der Waals surface area contributed by atoms with Crippen molar-refractivity contribution in [2.24, 2.45) is 15.7 Å². The first-order valence-electron chi connectivity index (χ1n) is 21.1. The molecule has 0 bridgehead atoms. The maximum absolute atomic E-state index is 13.5. The average molecular weight is 860 g/mol. The summed E-state index contributed by atoms with van der Waals surface area (Å²) in [5.74, 6) is 3.00. The summed E-state index contributed by atoms with van der Waals surface area (Å²) in [6.45, 7) is 10.8. The van der Waals surface area contributed by atoms with E-state index < -0.39 is 6.04 Å². The van der Waals surface area contributed by atoms with E-state index in [9.17, 15) is 4.79 Å². The van der Waals surface area contributed by atoms with Crippen LogP contribution < -0.4 is 45.9 Å². The second-order valence-electron chi connectivity index (χ2n) is 15.1. The van der Waals surface area contributed by atoms with E-state index in [0.717, 1.165) is 44.7 Å². The minimum absolute atomic E-state index is 0.0770. The van der Waals surface area contributed by atoms with E-state index in [1.165, 1.54) is 0 Å². The molecule has 1 unspecified atom stereocenters. The first kappa shape index (κ1) is 45.8. The van der Waals surface area contributed by atoms with Crippen LogP contribution in [0.25, 0.3) is 0 Å². The van der Waals surface area contributed by atoms with Gasteiger partial charge < -0.3 is 40.6 Å². The summed E-state index contributed by atoms with van der Waals surface area (Å²) in [4.78, 5) is 23.2. The lowest BCUT2D eigenvalue weighted by Crippen LogP contribution is -2.46. The first-order valence-corrected chi connectivity index (χ1v) is 21.1. The van der Waals surface area contributed by atoms with Gasteiger partial charge in [-0.05, 0) is 79.4 Å². The third-order valence-electron chi connectivity index (χ3n) is 10.3. The number of para-hydroxylation sites is 1. The highest BCUT2D eigenvalue weighted by Gasteiger charge is 2.22. The van der Waals surface area contributed by atoms with Crippen LogP contribution in [0.5, 0.6) is 23.0 Å². The molecule has 0 spiro atoms. The highest BCUT2D eigenvalue weighted by molar-refractivity contribution is 5.98. The van der Waals surface area contributed by atoms with E-state index in [0.29, 0.717) is 36.2 Å². The number of nitrogens with zero attached hydrogens (tertiary/aromatic N) is 2. The lowest BCUT2D eigenvalue weighted by atomic mass is 9.97. The number of nitrogens with one attached hydrogen (secondary N) is 4. The summed E-state index contributed by atoms with van der Waals surface area (Å²) < 4.78 is 23.3. The molecule has 0 radical (unpaired) electrons. The Kier molecular flexibility index (Phi) is 16.4. The molecule has 12 heteroatoms. The molecule has 6 N–H and O–H groups in total. The Morgan fingerprint density at radius 1 is 0.656 bits per heavy atom. The summed E-state index contributed by atoms with van der Waals surface area (Å²) in [7, 11) is 3.20. The number of amides is 1. The minimum Gasteiger partial charge on any atom is -0.497 e. The third-order valence-corrected chi connectivity index (χ3v) is 10.3. The van der Waals surface area contributed by atoms with Crippen LogP contribution in [-0.2, 0) is 4.79 Å². The number of hydrogen-bond acceptors (Lipinski definition) is 8. The smallest absolute Gasteiger partial charge is 0.258 e. The monoisotopic (exact) mass is 859 g/mol. The molecule has 0 heterocycles. The molecular weight excluding hydrogens is 803 g/mol. The molecule has 64 heavy (non-hydrogen) atoms. The number of carbonyl (C=O) groups excluding carboxylic acids is 1. The van der Waals surface area contributed by atoms with Crippen LogP contribution in [0.15, 0.2) is 174 Å². The van der Waals surface area contributed by atoms with Gasteiger partial charge in [-0.15, -0.1) is 0 Å². The van der Waals surface area contributed by atoms with Gasteiger partial charge in [-0.3, -0.25) is 10.1 Å². The number of methoxy groups -OCH3 is 2. The number of aryl methyl sites for hydroxylation is 2. The van der Waals surface area contributed by atoms with Crippen molar-refractivity contribution in [3.05, 3.63) is 203 Å². The Morgan fingerprint density at radius 3 is 1.84 bits per heavy atom. The Balaban J connectivity index is 1.25. The zero-order valence-corrected chi connectivity index (χ0v) is 37.0. The number of carbonyl (C=O) groups is 1. The molecule has 6 rings (SSSR count). The molecule has 6 aromatic rings. The van der Waals surface area contributed by atoms with Crippen LogP contribution in [0.4, 0.5) is 0 Å². The van der Waals surface area contributed by atoms with Crippen molar-refractivity contribution in [3.63, 3.8) is 0 Å². The first-order chi connectivity index (χ1) is 31.1. The quantitative estimate of drug-likeness (QED) is 0.0307. The number of guanidine groups is 2. The number of nitrogens with two attached hydrogens (primary N) is 1. The van der Waals surface area contributed by atoms with Crippen molar-refractivity contribution in [2.75, 3.05) is 34.0 Å². The van der Waals surface area contributed by atoms with Crippen molar-refractivity contribution in [1.29, 1.82) is 0 Å². The molecule has 1 amide bonds. The van der Waals surface area contributed by atoms with Gasteiger partial charge >= 0.3 is 0 Å². The standard InChI is InChI=1S/C52H57N7O5/c1-35-17-21-40(22-18-35)49(41-23-19-36(2)20-24-41)57-48(60)34-64-44-27-25-42(26-28-44)50(46-30-29-45(61-5)33-47(46)62-6)58-52(56-38(4)55-37(3)39-13-9-7-10-14-39)59-51(53)54-31-32-63-43-15-11-8-12-16-43/h7-30,33,37,49-50,55H,4,31-32,34H2,1-3,5-6H3,(H,57,60)(H4,53,54,56,58,59)/t37-,50?/m0/s1. The second-order valence-corrected chi connectivity index (χ2v) is 15.1. The molecule has 0 saturated carbocycles. The van der Waals surface area contributed by atoms with Gasteiger partial charge in [0.1, 0.15) is 35.6 Å². The minimum atomic E-state index is -0.661. The molecule has 330 valence electrons. The normalized spacial score (nSPS) is 12.4. The topological polar surface area (TPSA) is 153 Å². The van der Waals surface area contributed by atoms with E-state index in [4.69, 9.17) is 29.7 Å². The molecule has 0 fully saturated rings. The fraction of sp³-hybridized carbons (Fsp3) is 0.212. The molecule has 0 saturated heterocycles. The molecule has 0 aromatic heterocycles. The second kappa shape index (κ2) is 22.9. The number of aliphatic imine (C=N–C) groups is 2. The van der Waals surface area contributed by atoms with E-state index in [1.807, 2.05) is 166 Å². The number of ether oxygens (including phenoxy) is 4. The summed E-state index contributed by atoms with van der Waals surface area (Å²) in [5.41, 5.74) is 13.3. The number of hydrogen-bond donors (Lipinski definition) is 5. The van der Waals surface area contributed by atoms with Gasteiger partial charge in [0.25, 0.3) is 5.91 Å². The van der Waals surface area contributed by atoms with Gasteiger partial charge in [0, 0.05) is 17.7 Å². The predicted molar refractivity (Wildman–Crippen MR) is 255 cm³/mol. The molecule has 6 aromatic carbocycles. The van der Waals surface area contributed by atoms with E-state index in [1.54, 1.807) is 20.3 Å². The van der Waals surface area contributed by atoms with Gasteiger partial charge in [-0.1, -0.05) is 127 Å². The molecule has 12 nitrogen and oxygen atoms in total. The molecule has 2 atom stereocenters. The van der Waals surface area contributed by atoms with Crippen LogP contribution in [0.2, 0.25) is 0 Å². The predicted octanol–water partition coefficient (Wildman–Crippen LogP) is 8.45. The van der Waals surface area contributed by atoms with Gasteiger partial charge in [0.15, 0.2) is 12.6 Å². The van der Waals surface area contributed by atoms with Crippen LogP contribution >= 0.6 is 0 Å². The van der Waals surface area contributed by atoms with Crippen LogP contribution in [0, 0.1) is 13.8 Å². The van der Waals surface area contributed by atoms with Gasteiger partial charge in [0.05, 0.1) is 32.6 Å². The van der Waals surface area contributed by atoms with Crippen molar-refractivity contribution in [2.45, 2.75) is 38.9 Å². The maximum atomic E-state index is 13.5. The fourth-order valence-corrected chi connectivity index (χ4v) is 6.84. The molecular formula is C52H57N7O5. The van der Waals surface area contributed by atoms with Gasteiger partial charge in [-0.25, -0.2) is 9.98 Å². The fourth-order valence-electron chi connectivity index (χ4n) is 6.84. The molecule has 0 aliphatic heterocycles. The van der Waals surface area contributed by atoms with E-state index >= 15 is 0 Å². The Labute approximate surface area is 376 Å².